The molecule has 4 nitrogen and oxygen atoms in total. The van der Waals surface area contributed by atoms with Crippen molar-refractivity contribution < 1.29 is 32.3 Å². The first-order chi connectivity index (χ1) is 11.1. The van der Waals surface area contributed by atoms with E-state index in [0.717, 1.165) is 0 Å². The highest BCUT2D eigenvalue weighted by Gasteiger charge is 2.31. The van der Waals surface area contributed by atoms with Gasteiger partial charge in [-0.1, -0.05) is 6.07 Å². The zero-order valence-corrected chi connectivity index (χ0v) is 13.2. The molecule has 0 saturated heterocycles. The van der Waals surface area contributed by atoms with Crippen molar-refractivity contribution in [3.8, 4) is 0 Å². The average molecular weight is 406 g/mol. The van der Waals surface area contributed by atoms with E-state index >= 15 is 0 Å². The van der Waals surface area contributed by atoms with Gasteiger partial charge in [-0.15, -0.1) is 0 Å². The largest absolute Gasteiger partial charge is 0.478 e. The summed E-state index contributed by atoms with van der Waals surface area (Å²) < 4.78 is 51.5. The fraction of sp³-hybridized carbons (Fsp3) is 0.0667. The van der Waals surface area contributed by atoms with Crippen LogP contribution in [0, 0.1) is 5.82 Å². The summed E-state index contributed by atoms with van der Waals surface area (Å²) in [6.07, 6.45) is -4.74. The molecule has 0 spiro atoms. The molecule has 2 N–H and O–H groups in total. The fourth-order valence-electron chi connectivity index (χ4n) is 1.89. The zero-order chi connectivity index (χ0) is 18.1. The zero-order valence-electron chi connectivity index (χ0n) is 11.6. The van der Waals surface area contributed by atoms with Crippen LogP contribution in [0.25, 0.3) is 0 Å². The Morgan fingerprint density at radius 1 is 1.08 bits per heavy atom. The Hall–Kier alpha value is -2.42. The van der Waals surface area contributed by atoms with Crippen molar-refractivity contribution in [1.29, 1.82) is 0 Å². The molecule has 2 aromatic rings. The van der Waals surface area contributed by atoms with Crippen molar-refractivity contribution in [2.45, 2.75) is 6.18 Å². The van der Waals surface area contributed by atoms with Gasteiger partial charge in [0.1, 0.15) is 5.82 Å². The minimum atomic E-state index is -4.74. The quantitative estimate of drug-likeness (QED) is 0.735. The van der Waals surface area contributed by atoms with Gasteiger partial charge in [0.25, 0.3) is 5.91 Å². The third kappa shape index (κ3) is 3.73. The maximum absolute atomic E-state index is 13.8. The monoisotopic (exact) mass is 405 g/mol. The van der Waals surface area contributed by atoms with Crippen LogP contribution in [-0.4, -0.2) is 17.0 Å². The number of carboxylic acids is 1. The number of rotatable bonds is 3. The first-order valence-corrected chi connectivity index (χ1v) is 7.10. The highest BCUT2D eigenvalue weighted by Crippen LogP contribution is 2.31. The summed E-state index contributed by atoms with van der Waals surface area (Å²) in [5.74, 6) is -3.78. The number of para-hydroxylation sites is 1. The van der Waals surface area contributed by atoms with Crippen LogP contribution in [0.3, 0.4) is 0 Å². The van der Waals surface area contributed by atoms with E-state index in [4.69, 9.17) is 5.11 Å². The second kappa shape index (κ2) is 6.60. The topological polar surface area (TPSA) is 66.4 Å². The summed E-state index contributed by atoms with van der Waals surface area (Å²) in [6.45, 7) is 0. The summed E-state index contributed by atoms with van der Waals surface area (Å²) >= 11 is 3.05. The molecule has 2 aromatic carbocycles. The van der Waals surface area contributed by atoms with Gasteiger partial charge in [0, 0.05) is 4.47 Å². The number of hydrogen-bond acceptors (Lipinski definition) is 2. The van der Waals surface area contributed by atoms with Crippen LogP contribution in [0.15, 0.2) is 40.9 Å². The van der Waals surface area contributed by atoms with Crippen molar-refractivity contribution in [1.82, 2.24) is 0 Å². The standard InChI is InChI=1S/C15H8BrF4NO3/c16-10-3-1-2-9(14(23)24)12(10)21-13(22)8-5-4-7(6-11(8)17)15(18,19)20/h1-6H,(H,21,22)(H,23,24). The molecule has 2 rings (SSSR count). The van der Waals surface area contributed by atoms with Gasteiger partial charge in [0.05, 0.1) is 22.4 Å². The van der Waals surface area contributed by atoms with Gasteiger partial charge >= 0.3 is 12.1 Å². The number of benzene rings is 2. The molecule has 0 saturated carbocycles. The SMILES string of the molecule is O=C(Nc1c(Br)cccc1C(=O)O)c1ccc(C(F)(F)F)cc1F. The Morgan fingerprint density at radius 3 is 2.29 bits per heavy atom. The number of aromatic carboxylic acids is 1. The van der Waals surface area contributed by atoms with Crippen LogP contribution in [0.5, 0.6) is 0 Å². The number of hydrogen-bond donors (Lipinski definition) is 2. The molecule has 126 valence electrons. The number of alkyl halides is 3. The van der Waals surface area contributed by atoms with Crippen molar-refractivity contribution >= 4 is 33.5 Å². The molecule has 0 aliphatic rings. The van der Waals surface area contributed by atoms with E-state index in [0.29, 0.717) is 12.1 Å². The molecule has 9 heteroatoms. The van der Waals surface area contributed by atoms with Crippen LogP contribution in [-0.2, 0) is 6.18 Å². The first kappa shape index (κ1) is 17.9. The van der Waals surface area contributed by atoms with Crippen LogP contribution >= 0.6 is 15.9 Å². The first-order valence-electron chi connectivity index (χ1n) is 6.31. The molecule has 0 heterocycles. The lowest BCUT2D eigenvalue weighted by molar-refractivity contribution is -0.137. The summed E-state index contributed by atoms with van der Waals surface area (Å²) in [4.78, 5) is 23.2. The normalized spacial score (nSPS) is 11.2. The molecular weight excluding hydrogens is 398 g/mol. The van der Waals surface area contributed by atoms with Gasteiger partial charge in [0.2, 0.25) is 0 Å². The van der Waals surface area contributed by atoms with Crippen molar-refractivity contribution in [3.05, 3.63) is 63.4 Å². The number of halogens is 5. The molecule has 0 radical (unpaired) electrons. The lowest BCUT2D eigenvalue weighted by Gasteiger charge is -2.12. The van der Waals surface area contributed by atoms with E-state index in [1.165, 1.54) is 18.2 Å². The van der Waals surface area contributed by atoms with Crippen LogP contribution in [0.2, 0.25) is 0 Å². The number of nitrogens with one attached hydrogen (secondary N) is 1. The Morgan fingerprint density at radius 2 is 1.75 bits per heavy atom. The van der Waals surface area contributed by atoms with E-state index < -0.39 is 35.0 Å². The Kier molecular flexibility index (Phi) is 4.93. The van der Waals surface area contributed by atoms with E-state index in [-0.39, 0.29) is 21.8 Å². The molecule has 1 amide bonds. The van der Waals surface area contributed by atoms with Gasteiger partial charge in [0.15, 0.2) is 0 Å². The molecule has 0 atom stereocenters. The van der Waals surface area contributed by atoms with E-state index in [1.54, 1.807) is 0 Å². The number of carbonyl (C=O) groups excluding carboxylic acids is 1. The molecule has 0 bridgehead atoms. The van der Waals surface area contributed by atoms with Crippen LogP contribution in [0.4, 0.5) is 23.2 Å². The van der Waals surface area contributed by atoms with Gasteiger partial charge < -0.3 is 10.4 Å². The smallest absolute Gasteiger partial charge is 0.416 e. The number of carboxylic acid groups (broad SMARTS) is 1. The minimum Gasteiger partial charge on any atom is -0.478 e. The molecule has 0 unspecified atom stereocenters. The van der Waals surface area contributed by atoms with Crippen LogP contribution in [0.1, 0.15) is 26.3 Å². The Bertz CT molecular complexity index is 821. The van der Waals surface area contributed by atoms with Gasteiger partial charge in [-0.3, -0.25) is 4.79 Å². The Balaban J connectivity index is 2.37. The van der Waals surface area contributed by atoms with Crippen molar-refractivity contribution in [2.75, 3.05) is 5.32 Å². The lowest BCUT2D eigenvalue weighted by Crippen LogP contribution is -2.17. The lowest BCUT2D eigenvalue weighted by atomic mass is 10.1. The predicted octanol–water partition coefficient (Wildman–Crippen LogP) is 4.56. The third-order valence-electron chi connectivity index (χ3n) is 3.02. The van der Waals surface area contributed by atoms with Gasteiger partial charge in [-0.2, -0.15) is 13.2 Å². The summed E-state index contributed by atoms with van der Waals surface area (Å²) in [7, 11) is 0. The van der Waals surface area contributed by atoms with Gasteiger partial charge in [-0.05, 0) is 46.3 Å². The maximum atomic E-state index is 13.8. The number of carbonyl (C=O) groups is 2. The molecule has 0 fully saturated rings. The third-order valence-corrected chi connectivity index (χ3v) is 3.68. The Labute approximate surface area is 141 Å². The fourth-order valence-corrected chi connectivity index (χ4v) is 2.35. The predicted molar refractivity (Wildman–Crippen MR) is 80.5 cm³/mol. The molecule has 0 aromatic heterocycles. The van der Waals surface area contributed by atoms with Crippen molar-refractivity contribution in [3.63, 3.8) is 0 Å². The van der Waals surface area contributed by atoms with E-state index in [9.17, 15) is 27.2 Å². The second-order valence-electron chi connectivity index (χ2n) is 4.61. The summed E-state index contributed by atoms with van der Waals surface area (Å²) in [5.41, 5.74) is -2.27. The second-order valence-corrected chi connectivity index (χ2v) is 5.47. The molecular formula is C15H8BrF4NO3. The number of amides is 1. The maximum Gasteiger partial charge on any atom is 0.416 e. The van der Waals surface area contributed by atoms with E-state index in [2.05, 4.69) is 21.2 Å². The average Bonchev–Trinajstić information content (AvgIpc) is 2.47. The van der Waals surface area contributed by atoms with E-state index in [1.807, 2.05) is 0 Å². The molecule has 0 aliphatic heterocycles. The molecule has 0 aliphatic carbocycles. The summed E-state index contributed by atoms with van der Waals surface area (Å²) in [6, 6.07) is 5.53. The van der Waals surface area contributed by atoms with Crippen molar-refractivity contribution in [2.24, 2.45) is 0 Å². The molecule has 24 heavy (non-hydrogen) atoms. The highest BCUT2D eigenvalue weighted by atomic mass is 79.9. The number of anilines is 1. The van der Waals surface area contributed by atoms with Gasteiger partial charge in [-0.25, -0.2) is 9.18 Å². The minimum absolute atomic E-state index is 0.130. The summed E-state index contributed by atoms with van der Waals surface area (Å²) in [5, 5.41) is 11.3. The van der Waals surface area contributed by atoms with Crippen LogP contribution < -0.4 is 5.32 Å². The highest BCUT2D eigenvalue weighted by molar-refractivity contribution is 9.10.